The quantitative estimate of drug-likeness (QED) is 0.449. The van der Waals surface area contributed by atoms with Crippen molar-refractivity contribution in [3.8, 4) is 21.8 Å². The molecule has 0 saturated heterocycles. The van der Waals surface area contributed by atoms with Gasteiger partial charge in [-0.25, -0.2) is 9.97 Å². The molecule has 0 amide bonds. The van der Waals surface area contributed by atoms with Crippen molar-refractivity contribution in [1.29, 1.82) is 0 Å². The van der Waals surface area contributed by atoms with Gasteiger partial charge in [-0.2, -0.15) is 0 Å². The largest absolute Gasteiger partial charge is 0.350 e. The fraction of sp³-hybridized carbons (Fsp3) is 0.0526. The Morgan fingerprint density at radius 2 is 2.08 bits per heavy atom. The summed E-state index contributed by atoms with van der Waals surface area (Å²) in [4.78, 5) is 12.4. The number of nitrogens with zero attached hydrogens (tertiary/aromatic N) is 3. The Kier molecular flexibility index (Phi) is 3.20. The fourth-order valence-corrected chi connectivity index (χ4v) is 4.24. The Labute approximate surface area is 152 Å². The molecule has 4 aromatic heterocycles. The van der Waals surface area contributed by atoms with Crippen LogP contribution in [0.25, 0.3) is 43.8 Å². The first-order chi connectivity index (χ1) is 12.2. The fourth-order valence-electron chi connectivity index (χ4n) is 3.22. The van der Waals surface area contributed by atoms with Gasteiger partial charge in [0.15, 0.2) is 0 Å². The second-order valence-corrected chi connectivity index (χ2v) is 7.25. The minimum absolute atomic E-state index is 0.736. The molecule has 0 radical (unpaired) electrons. The van der Waals surface area contributed by atoms with Crippen LogP contribution in [0.5, 0.6) is 0 Å². The molecule has 0 spiro atoms. The van der Waals surface area contributed by atoms with Crippen molar-refractivity contribution in [3.63, 3.8) is 0 Å². The van der Waals surface area contributed by atoms with Gasteiger partial charge in [0.05, 0.1) is 5.69 Å². The topological polar surface area (TPSA) is 46.5 Å². The van der Waals surface area contributed by atoms with Crippen LogP contribution in [0, 0.1) is 0 Å². The van der Waals surface area contributed by atoms with Crippen LogP contribution in [0.4, 0.5) is 0 Å². The van der Waals surface area contributed by atoms with Crippen LogP contribution in [0.15, 0.2) is 54.3 Å². The number of aromatic amines is 1. The summed E-state index contributed by atoms with van der Waals surface area (Å²) in [6, 6.07) is 9.97. The molecule has 0 aliphatic rings. The summed E-state index contributed by atoms with van der Waals surface area (Å²) in [6.07, 6.45) is 5.87. The van der Waals surface area contributed by atoms with Gasteiger partial charge in [0, 0.05) is 63.5 Å². The van der Waals surface area contributed by atoms with Crippen molar-refractivity contribution in [2.45, 2.75) is 0 Å². The molecule has 4 nitrogen and oxygen atoms in total. The molecular weight excluding hydrogens is 352 g/mol. The standard InChI is InChI=1S/C19H13ClN4S/c1-24-9-15(13-7-11(20)4-5-17(13)24)19-23-16(10-25-19)14-8-22-18-12(14)3-2-6-21-18/h2-10H,1H3,(H,21,22). The van der Waals surface area contributed by atoms with E-state index in [0.717, 1.165) is 48.8 Å². The Hall–Kier alpha value is -2.63. The second-order valence-electron chi connectivity index (χ2n) is 5.95. The van der Waals surface area contributed by atoms with E-state index < -0.39 is 0 Å². The van der Waals surface area contributed by atoms with Crippen LogP contribution in [-0.2, 0) is 7.05 Å². The van der Waals surface area contributed by atoms with Gasteiger partial charge in [-0.05, 0) is 30.3 Å². The van der Waals surface area contributed by atoms with Crippen LogP contribution in [0.1, 0.15) is 0 Å². The number of thiazole rings is 1. The highest BCUT2D eigenvalue weighted by atomic mass is 35.5. The van der Waals surface area contributed by atoms with Crippen LogP contribution < -0.4 is 0 Å². The predicted molar refractivity (Wildman–Crippen MR) is 104 cm³/mol. The summed E-state index contributed by atoms with van der Waals surface area (Å²) < 4.78 is 2.11. The van der Waals surface area contributed by atoms with Crippen molar-refractivity contribution >= 4 is 44.9 Å². The molecular formula is C19H13ClN4S. The van der Waals surface area contributed by atoms with Gasteiger partial charge >= 0.3 is 0 Å². The van der Waals surface area contributed by atoms with Crippen molar-refractivity contribution in [3.05, 3.63) is 59.3 Å². The van der Waals surface area contributed by atoms with Gasteiger partial charge in [-0.1, -0.05) is 11.6 Å². The molecule has 0 aliphatic heterocycles. The molecule has 122 valence electrons. The number of hydrogen-bond donors (Lipinski definition) is 1. The molecule has 1 N–H and O–H groups in total. The van der Waals surface area contributed by atoms with Crippen LogP contribution >= 0.6 is 22.9 Å². The van der Waals surface area contributed by atoms with Crippen LogP contribution in [0.2, 0.25) is 5.02 Å². The second kappa shape index (κ2) is 5.44. The highest BCUT2D eigenvalue weighted by molar-refractivity contribution is 7.13. The van der Waals surface area contributed by atoms with E-state index in [1.54, 1.807) is 17.5 Å². The van der Waals surface area contributed by atoms with Crippen molar-refractivity contribution < 1.29 is 0 Å². The molecule has 6 heteroatoms. The Balaban J connectivity index is 1.67. The van der Waals surface area contributed by atoms with Gasteiger partial charge in [0.1, 0.15) is 10.7 Å². The number of H-pyrrole nitrogens is 1. The zero-order chi connectivity index (χ0) is 17.0. The average molecular weight is 365 g/mol. The monoisotopic (exact) mass is 364 g/mol. The molecule has 0 fully saturated rings. The molecule has 0 saturated carbocycles. The maximum atomic E-state index is 6.20. The lowest BCUT2D eigenvalue weighted by atomic mass is 10.1. The maximum absolute atomic E-state index is 6.20. The number of halogens is 1. The molecule has 5 rings (SSSR count). The van der Waals surface area contributed by atoms with Gasteiger partial charge in [-0.15, -0.1) is 11.3 Å². The number of rotatable bonds is 2. The third-order valence-corrected chi connectivity index (χ3v) is 5.52. The van der Waals surface area contributed by atoms with E-state index in [4.69, 9.17) is 16.6 Å². The summed E-state index contributed by atoms with van der Waals surface area (Å²) >= 11 is 7.84. The third-order valence-electron chi connectivity index (χ3n) is 4.41. The van der Waals surface area contributed by atoms with Crippen LogP contribution in [-0.4, -0.2) is 19.5 Å². The average Bonchev–Trinajstić information content (AvgIpc) is 3.31. The Bertz CT molecular complexity index is 1230. The highest BCUT2D eigenvalue weighted by Crippen LogP contribution is 2.36. The van der Waals surface area contributed by atoms with E-state index in [1.165, 1.54) is 0 Å². The first-order valence-electron chi connectivity index (χ1n) is 7.83. The summed E-state index contributed by atoms with van der Waals surface area (Å²) in [6.45, 7) is 0. The van der Waals surface area contributed by atoms with Crippen LogP contribution in [0.3, 0.4) is 0 Å². The minimum atomic E-state index is 0.736. The van der Waals surface area contributed by atoms with E-state index in [2.05, 4.69) is 32.2 Å². The van der Waals surface area contributed by atoms with E-state index in [0.29, 0.717) is 0 Å². The number of fused-ring (bicyclic) bond motifs is 2. The number of pyridine rings is 1. The smallest absolute Gasteiger partial charge is 0.137 e. The lowest BCUT2D eigenvalue weighted by Gasteiger charge is -1.96. The molecule has 0 aliphatic carbocycles. The number of benzene rings is 1. The van der Waals surface area contributed by atoms with Gasteiger partial charge in [0.2, 0.25) is 0 Å². The number of aryl methyl sites for hydroxylation is 1. The van der Waals surface area contributed by atoms with Crippen molar-refractivity contribution in [2.24, 2.45) is 7.05 Å². The van der Waals surface area contributed by atoms with E-state index in [-0.39, 0.29) is 0 Å². The van der Waals surface area contributed by atoms with Crippen molar-refractivity contribution in [2.75, 3.05) is 0 Å². The molecule has 1 aromatic carbocycles. The molecule has 4 heterocycles. The first kappa shape index (κ1) is 14.7. The molecule has 0 bridgehead atoms. The Morgan fingerprint density at radius 1 is 1.16 bits per heavy atom. The lowest BCUT2D eigenvalue weighted by Crippen LogP contribution is -1.82. The summed E-state index contributed by atoms with van der Waals surface area (Å²) in [5.74, 6) is 0. The zero-order valence-corrected chi connectivity index (χ0v) is 14.9. The number of hydrogen-bond acceptors (Lipinski definition) is 3. The summed E-state index contributed by atoms with van der Waals surface area (Å²) in [7, 11) is 2.04. The zero-order valence-electron chi connectivity index (χ0n) is 13.3. The highest BCUT2D eigenvalue weighted by Gasteiger charge is 2.15. The van der Waals surface area contributed by atoms with Gasteiger partial charge < -0.3 is 9.55 Å². The normalized spacial score (nSPS) is 11.6. The number of nitrogens with one attached hydrogen (secondary N) is 1. The van der Waals surface area contributed by atoms with E-state index in [1.807, 2.05) is 37.5 Å². The molecule has 25 heavy (non-hydrogen) atoms. The minimum Gasteiger partial charge on any atom is -0.350 e. The van der Waals surface area contributed by atoms with E-state index >= 15 is 0 Å². The maximum Gasteiger partial charge on any atom is 0.137 e. The molecule has 0 atom stereocenters. The first-order valence-corrected chi connectivity index (χ1v) is 9.09. The lowest BCUT2D eigenvalue weighted by molar-refractivity contribution is 0.970. The van der Waals surface area contributed by atoms with Gasteiger partial charge in [0.25, 0.3) is 0 Å². The van der Waals surface area contributed by atoms with Crippen molar-refractivity contribution in [1.82, 2.24) is 19.5 Å². The summed E-state index contributed by atoms with van der Waals surface area (Å²) in [5, 5.41) is 6.02. The van der Waals surface area contributed by atoms with Gasteiger partial charge in [-0.3, -0.25) is 0 Å². The Morgan fingerprint density at radius 3 is 3.00 bits per heavy atom. The molecule has 5 aromatic rings. The predicted octanol–water partition coefficient (Wildman–Crippen LogP) is 5.50. The third kappa shape index (κ3) is 2.27. The summed E-state index contributed by atoms with van der Waals surface area (Å²) in [5.41, 5.74) is 5.16. The number of aromatic nitrogens is 4. The van der Waals surface area contributed by atoms with E-state index in [9.17, 15) is 0 Å². The molecule has 0 unspecified atom stereocenters. The SMILES string of the molecule is Cn1cc(-c2nc(-c3c[nH]c4ncccc34)cs2)c2cc(Cl)ccc21.